The number of nitrogens with one attached hydrogen (secondary N) is 1. The molecule has 3 heterocycles. The number of anilines is 1. The van der Waals surface area contributed by atoms with Crippen LogP contribution >= 0.6 is 0 Å². The van der Waals surface area contributed by atoms with Gasteiger partial charge in [-0.05, 0) is 38.8 Å². The lowest BCUT2D eigenvalue weighted by atomic mass is 9.96. The van der Waals surface area contributed by atoms with Crippen LogP contribution in [-0.4, -0.2) is 29.0 Å². The minimum atomic E-state index is -0.00668. The van der Waals surface area contributed by atoms with Crippen molar-refractivity contribution < 1.29 is 13.6 Å². The van der Waals surface area contributed by atoms with E-state index in [2.05, 4.69) is 20.2 Å². The van der Waals surface area contributed by atoms with Gasteiger partial charge < -0.3 is 19.1 Å². The molecule has 1 aliphatic rings. The maximum absolute atomic E-state index is 12.4. The van der Waals surface area contributed by atoms with E-state index in [-0.39, 0.29) is 11.8 Å². The molecular formula is C19H22N4O3. The molecule has 1 fully saturated rings. The van der Waals surface area contributed by atoms with Gasteiger partial charge in [0.2, 0.25) is 11.8 Å². The Morgan fingerprint density at radius 3 is 2.65 bits per heavy atom. The topological polar surface area (TPSA) is 84.4 Å². The zero-order chi connectivity index (χ0) is 18.1. The van der Waals surface area contributed by atoms with Gasteiger partial charge >= 0.3 is 0 Å². The maximum Gasteiger partial charge on any atom is 0.298 e. The monoisotopic (exact) mass is 354 g/mol. The van der Waals surface area contributed by atoms with Gasteiger partial charge in [-0.2, -0.15) is 4.98 Å². The SMILES string of the molecule is Cc1nc(CNC(=O)C2CCN(c3nc4ccccc4o3)CC2)oc1C. The van der Waals surface area contributed by atoms with Crippen molar-refractivity contribution in [3.8, 4) is 0 Å². The van der Waals surface area contributed by atoms with Crippen LogP contribution in [0.15, 0.2) is 33.1 Å². The van der Waals surface area contributed by atoms with Gasteiger partial charge in [-0.25, -0.2) is 4.98 Å². The summed E-state index contributed by atoms with van der Waals surface area (Å²) < 4.78 is 11.3. The van der Waals surface area contributed by atoms with Crippen LogP contribution in [0.1, 0.15) is 30.2 Å². The molecule has 0 bridgehead atoms. The zero-order valence-electron chi connectivity index (χ0n) is 15.0. The molecule has 0 saturated carbocycles. The van der Waals surface area contributed by atoms with Crippen molar-refractivity contribution in [1.29, 1.82) is 0 Å². The number of hydrogen-bond donors (Lipinski definition) is 1. The first kappa shape index (κ1) is 16.6. The minimum Gasteiger partial charge on any atom is -0.444 e. The fourth-order valence-corrected chi connectivity index (χ4v) is 3.25. The molecule has 0 radical (unpaired) electrons. The van der Waals surface area contributed by atoms with Crippen LogP contribution < -0.4 is 10.2 Å². The number of benzene rings is 1. The van der Waals surface area contributed by atoms with E-state index in [0.29, 0.717) is 18.5 Å². The van der Waals surface area contributed by atoms with E-state index >= 15 is 0 Å². The second-order valence-electron chi connectivity index (χ2n) is 6.69. The molecule has 1 saturated heterocycles. The number of aryl methyl sites for hydroxylation is 2. The molecule has 4 rings (SSSR count). The molecule has 1 N–H and O–H groups in total. The average molecular weight is 354 g/mol. The van der Waals surface area contributed by atoms with Crippen molar-refractivity contribution >= 4 is 23.0 Å². The van der Waals surface area contributed by atoms with Crippen LogP contribution in [0, 0.1) is 19.8 Å². The first-order valence-electron chi connectivity index (χ1n) is 8.91. The summed E-state index contributed by atoms with van der Waals surface area (Å²) in [5.41, 5.74) is 2.51. The van der Waals surface area contributed by atoms with Crippen LogP contribution in [0.3, 0.4) is 0 Å². The summed E-state index contributed by atoms with van der Waals surface area (Å²) in [7, 11) is 0. The predicted molar refractivity (Wildman–Crippen MR) is 96.8 cm³/mol. The molecule has 3 aromatic rings. The summed E-state index contributed by atoms with van der Waals surface area (Å²) in [5.74, 6) is 1.39. The Labute approximate surface area is 151 Å². The first-order chi connectivity index (χ1) is 12.6. The summed E-state index contributed by atoms with van der Waals surface area (Å²) in [6, 6.07) is 8.37. The van der Waals surface area contributed by atoms with Crippen molar-refractivity contribution in [2.24, 2.45) is 5.92 Å². The van der Waals surface area contributed by atoms with Gasteiger partial charge in [0.05, 0.1) is 12.2 Å². The highest BCUT2D eigenvalue weighted by Gasteiger charge is 2.27. The molecule has 26 heavy (non-hydrogen) atoms. The molecule has 7 heteroatoms. The summed E-state index contributed by atoms with van der Waals surface area (Å²) in [6.45, 7) is 5.60. The number of hydrogen-bond acceptors (Lipinski definition) is 6. The van der Waals surface area contributed by atoms with Gasteiger partial charge in [0.15, 0.2) is 5.58 Å². The molecule has 7 nitrogen and oxygen atoms in total. The zero-order valence-corrected chi connectivity index (χ0v) is 15.0. The highest BCUT2D eigenvalue weighted by molar-refractivity contribution is 5.79. The van der Waals surface area contributed by atoms with Crippen molar-refractivity contribution in [1.82, 2.24) is 15.3 Å². The fourth-order valence-electron chi connectivity index (χ4n) is 3.25. The Hall–Kier alpha value is -2.83. The van der Waals surface area contributed by atoms with Crippen LogP contribution in [0.5, 0.6) is 0 Å². The second kappa shape index (κ2) is 6.82. The Kier molecular flexibility index (Phi) is 4.36. The van der Waals surface area contributed by atoms with E-state index in [0.717, 1.165) is 48.5 Å². The molecule has 0 atom stereocenters. The number of carbonyl (C=O) groups is 1. The summed E-state index contributed by atoms with van der Waals surface area (Å²) in [6.07, 6.45) is 1.54. The van der Waals surface area contributed by atoms with Crippen LogP contribution in [0.4, 0.5) is 6.01 Å². The third-order valence-electron chi connectivity index (χ3n) is 4.91. The molecule has 0 unspecified atom stereocenters. The largest absolute Gasteiger partial charge is 0.444 e. The number of piperidine rings is 1. The number of amides is 1. The molecule has 1 aliphatic heterocycles. The minimum absolute atomic E-state index is 0.00668. The van der Waals surface area contributed by atoms with Gasteiger partial charge in [-0.3, -0.25) is 4.79 Å². The molecule has 1 amide bonds. The number of oxazole rings is 2. The van der Waals surface area contributed by atoms with E-state index in [1.54, 1.807) is 0 Å². The number of nitrogens with zero attached hydrogens (tertiary/aromatic N) is 3. The molecular weight excluding hydrogens is 332 g/mol. The number of carbonyl (C=O) groups excluding carboxylic acids is 1. The lowest BCUT2D eigenvalue weighted by molar-refractivity contribution is -0.125. The first-order valence-corrected chi connectivity index (χ1v) is 8.91. The fraction of sp³-hybridized carbons (Fsp3) is 0.421. The quantitative estimate of drug-likeness (QED) is 0.775. The third-order valence-corrected chi connectivity index (χ3v) is 4.91. The third kappa shape index (κ3) is 3.29. The number of para-hydroxylation sites is 2. The lowest BCUT2D eigenvalue weighted by Gasteiger charge is -2.29. The maximum atomic E-state index is 12.4. The summed E-state index contributed by atoms with van der Waals surface area (Å²) in [5, 5.41) is 2.93. The lowest BCUT2D eigenvalue weighted by Crippen LogP contribution is -2.40. The van der Waals surface area contributed by atoms with E-state index in [4.69, 9.17) is 8.83 Å². The Morgan fingerprint density at radius 2 is 1.96 bits per heavy atom. The van der Waals surface area contributed by atoms with Crippen molar-refractivity contribution in [3.63, 3.8) is 0 Å². The van der Waals surface area contributed by atoms with Gasteiger partial charge in [0.1, 0.15) is 11.3 Å². The van der Waals surface area contributed by atoms with Gasteiger partial charge in [0, 0.05) is 19.0 Å². The molecule has 0 spiro atoms. The molecule has 1 aromatic carbocycles. The predicted octanol–water partition coefficient (Wildman–Crippen LogP) is 2.97. The highest BCUT2D eigenvalue weighted by Crippen LogP contribution is 2.26. The smallest absolute Gasteiger partial charge is 0.298 e. The Morgan fingerprint density at radius 1 is 1.19 bits per heavy atom. The van der Waals surface area contributed by atoms with E-state index in [9.17, 15) is 4.79 Å². The van der Waals surface area contributed by atoms with E-state index < -0.39 is 0 Å². The standard InChI is InChI=1S/C19H22N4O3/c1-12-13(2)25-17(21-12)11-20-18(24)14-7-9-23(10-8-14)19-22-15-5-3-4-6-16(15)26-19/h3-6,14H,7-11H2,1-2H3,(H,20,24). The number of fused-ring (bicyclic) bond motifs is 1. The molecule has 2 aromatic heterocycles. The van der Waals surface area contributed by atoms with E-state index in [1.807, 2.05) is 38.1 Å². The molecule has 136 valence electrons. The Bertz CT molecular complexity index is 869. The summed E-state index contributed by atoms with van der Waals surface area (Å²) >= 11 is 0. The number of rotatable bonds is 4. The van der Waals surface area contributed by atoms with Crippen LogP contribution in [0.2, 0.25) is 0 Å². The normalized spacial score (nSPS) is 15.5. The average Bonchev–Trinajstić information content (AvgIpc) is 3.23. The van der Waals surface area contributed by atoms with Crippen molar-refractivity contribution in [2.45, 2.75) is 33.2 Å². The van der Waals surface area contributed by atoms with Crippen LogP contribution in [0.25, 0.3) is 11.1 Å². The second-order valence-corrected chi connectivity index (χ2v) is 6.69. The van der Waals surface area contributed by atoms with E-state index in [1.165, 1.54) is 0 Å². The Balaban J connectivity index is 1.31. The molecule has 0 aliphatic carbocycles. The van der Waals surface area contributed by atoms with Gasteiger partial charge in [-0.15, -0.1) is 0 Å². The van der Waals surface area contributed by atoms with Crippen molar-refractivity contribution in [2.75, 3.05) is 18.0 Å². The summed E-state index contributed by atoms with van der Waals surface area (Å²) in [4.78, 5) is 23.3. The van der Waals surface area contributed by atoms with Crippen molar-refractivity contribution in [3.05, 3.63) is 41.6 Å². The van der Waals surface area contributed by atoms with Crippen LogP contribution in [-0.2, 0) is 11.3 Å². The van der Waals surface area contributed by atoms with Gasteiger partial charge in [-0.1, -0.05) is 12.1 Å². The van der Waals surface area contributed by atoms with Gasteiger partial charge in [0.25, 0.3) is 6.01 Å². The number of aromatic nitrogens is 2. The highest BCUT2D eigenvalue weighted by atomic mass is 16.4.